The predicted molar refractivity (Wildman–Crippen MR) is 99.0 cm³/mol. The molecular weight excluding hydrogens is 386 g/mol. The van der Waals surface area contributed by atoms with Crippen LogP contribution in [0.15, 0.2) is 12.2 Å². The fourth-order valence-corrected chi connectivity index (χ4v) is 2.48. The first-order chi connectivity index (χ1) is 13.7. The van der Waals surface area contributed by atoms with Crippen molar-refractivity contribution in [1.29, 1.82) is 0 Å². The van der Waals surface area contributed by atoms with E-state index in [2.05, 4.69) is 16.0 Å². The first kappa shape index (κ1) is 23.8. The van der Waals surface area contributed by atoms with Crippen LogP contribution in [-0.2, 0) is 28.8 Å². The summed E-state index contributed by atoms with van der Waals surface area (Å²) in [5, 5.41) is 16.6. The van der Waals surface area contributed by atoms with Crippen LogP contribution in [0.25, 0.3) is 0 Å². The van der Waals surface area contributed by atoms with Gasteiger partial charge >= 0.3 is 5.97 Å². The van der Waals surface area contributed by atoms with Gasteiger partial charge in [-0.25, -0.2) is 0 Å². The molecule has 0 aliphatic carbocycles. The maximum absolute atomic E-state index is 12.1. The quantitative estimate of drug-likeness (QED) is 0.190. The normalized spacial score (nSPS) is 14.0. The summed E-state index contributed by atoms with van der Waals surface area (Å²) in [7, 11) is 0. The maximum Gasteiger partial charge on any atom is 0.303 e. The van der Waals surface area contributed by atoms with Crippen molar-refractivity contribution in [2.75, 3.05) is 26.2 Å². The smallest absolute Gasteiger partial charge is 0.303 e. The third-order valence-corrected chi connectivity index (χ3v) is 3.89. The zero-order valence-electron chi connectivity index (χ0n) is 15.8. The van der Waals surface area contributed by atoms with Crippen LogP contribution in [-0.4, -0.2) is 77.7 Å². The van der Waals surface area contributed by atoms with E-state index in [0.717, 1.165) is 17.1 Å². The van der Waals surface area contributed by atoms with E-state index in [1.54, 1.807) is 0 Å². The Morgan fingerprint density at radius 2 is 1.69 bits per heavy atom. The highest BCUT2D eigenvalue weighted by Crippen LogP contribution is 2.06. The number of carbonyl (C=O) groups is 6. The van der Waals surface area contributed by atoms with E-state index < -0.39 is 35.6 Å². The van der Waals surface area contributed by atoms with E-state index in [-0.39, 0.29) is 57.8 Å². The highest BCUT2D eigenvalue weighted by molar-refractivity contribution is 6.12. The predicted octanol–water partition coefficient (Wildman–Crippen LogP) is -2.77. The fourth-order valence-electron chi connectivity index (χ4n) is 2.48. The highest BCUT2D eigenvalue weighted by Gasteiger charge is 2.23. The Balaban J connectivity index is 2.37. The lowest BCUT2D eigenvalue weighted by molar-refractivity contribution is -0.138. The Labute approximate surface area is 166 Å². The number of hydrogen-bond acceptors (Lipinski definition) is 7. The molecule has 160 valence electrons. The van der Waals surface area contributed by atoms with Gasteiger partial charge in [-0.2, -0.15) is 0 Å². The molecule has 0 saturated heterocycles. The van der Waals surface area contributed by atoms with Gasteiger partial charge in [-0.15, -0.1) is 0 Å². The Morgan fingerprint density at radius 3 is 2.28 bits per heavy atom. The lowest BCUT2D eigenvalue weighted by Gasteiger charge is -2.19. The molecule has 0 saturated carbocycles. The minimum atomic E-state index is -1.03. The molecule has 1 rings (SSSR count). The van der Waals surface area contributed by atoms with Gasteiger partial charge in [0.25, 0.3) is 11.8 Å². The van der Waals surface area contributed by atoms with Crippen molar-refractivity contribution in [1.82, 2.24) is 20.9 Å². The summed E-state index contributed by atoms with van der Waals surface area (Å²) in [4.78, 5) is 68.9. The summed E-state index contributed by atoms with van der Waals surface area (Å²) >= 11 is 0. The molecule has 6 N–H and O–H groups in total. The molecule has 0 bridgehead atoms. The minimum absolute atomic E-state index is 0.0414. The summed E-state index contributed by atoms with van der Waals surface area (Å²) in [5.41, 5.74) is 4.91. The van der Waals surface area contributed by atoms with Gasteiger partial charge in [-0.05, 0) is 12.8 Å². The number of nitrogens with zero attached hydrogens (tertiary/aromatic N) is 1. The van der Waals surface area contributed by atoms with Gasteiger partial charge in [-0.1, -0.05) is 0 Å². The molecular formula is C17H25N5O7. The number of carbonyl (C=O) groups excluding carboxylic acids is 5. The van der Waals surface area contributed by atoms with Crippen molar-refractivity contribution in [3.63, 3.8) is 0 Å². The number of nitrogens with one attached hydrogen (secondary N) is 3. The largest absolute Gasteiger partial charge is 0.481 e. The molecule has 29 heavy (non-hydrogen) atoms. The first-order valence-corrected chi connectivity index (χ1v) is 8.99. The molecule has 12 nitrogen and oxygen atoms in total. The fraction of sp³-hybridized carbons (Fsp3) is 0.529. The second kappa shape index (κ2) is 12.2. The third kappa shape index (κ3) is 10.0. The van der Waals surface area contributed by atoms with E-state index in [1.165, 1.54) is 0 Å². The molecule has 0 radical (unpaired) electrons. The number of aliphatic carboxylic acids is 1. The van der Waals surface area contributed by atoms with Crippen LogP contribution in [0.4, 0.5) is 0 Å². The SMILES string of the molecule is NC(=O)CNC(=O)CNCC(CCC(=O)O)NC(=O)CCCN1C(=O)C=CC1=O. The van der Waals surface area contributed by atoms with E-state index in [4.69, 9.17) is 10.8 Å². The summed E-state index contributed by atoms with van der Waals surface area (Å²) in [5.74, 6) is -3.39. The lowest BCUT2D eigenvalue weighted by Crippen LogP contribution is -2.45. The molecule has 1 unspecified atom stereocenters. The molecule has 12 heteroatoms. The number of primary amides is 1. The zero-order chi connectivity index (χ0) is 21.8. The van der Waals surface area contributed by atoms with E-state index >= 15 is 0 Å². The van der Waals surface area contributed by atoms with Crippen LogP contribution in [0, 0.1) is 0 Å². The zero-order valence-corrected chi connectivity index (χ0v) is 15.8. The average molecular weight is 411 g/mol. The first-order valence-electron chi connectivity index (χ1n) is 8.99. The molecule has 0 spiro atoms. The maximum atomic E-state index is 12.1. The average Bonchev–Trinajstić information content (AvgIpc) is 2.96. The standard InChI is InChI=1S/C17H25N5O7/c18-12(23)9-20-14(25)10-19-8-11(3-6-17(28)29)21-13(24)2-1-7-22-15(26)4-5-16(22)27/h4-5,11,19H,1-3,6-10H2,(H2,18,23)(H,20,25)(H,21,24)(H,28,29). The third-order valence-electron chi connectivity index (χ3n) is 3.89. The molecule has 5 amide bonds. The summed E-state index contributed by atoms with van der Waals surface area (Å²) < 4.78 is 0. The molecule has 0 fully saturated rings. The molecule has 0 aromatic heterocycles. The Bertz CT molecular complexity index is 674. The monoisotopic (exact) mass is 411 g/mol. The van der Waals surface area contributed by atoms with Gasteiger partial charge in [0.05, 0.1) is 13.1 Å². The second-order valence-electron chi connectivity index (χ2n) is 6.34. The van der Waals surface area contributed by atoms with Crippen LogP contribution < -0.4 is 21.7 Å². The molecule has 1 aliphatic rings. The van der Waals surface area contributed by atoms with Crippen molar-refractivity contribution in [3.8, 4) is 0 Å². The Kier molecular flexibility index (Phi) is 10.0. The van der Waals surface area contributed by atoms with Crippen molar-refractivity contribution in [2.24, 2.45) is 5.73 Å². The van der Waals surface area contributed by atoms with Crippen LogP contribution in [0.1, 0.15) is 25.7 Å². The van der Waals surface area contributed by atoms with Crippen molar-refractivity contribution >= 4 is 35.5 Å². The lowest BCUT2D eigenvalue weighted by atomic mass is 10.1. The topological polar surface area (TPSA) is 188 Å². The number of rotatable bonds is 14. The number of carboxylic acid groups (broad SMARTS) is 1. The number of hydrogen-bond donors (Lipinski definition) is 5. The number of carboxylic acids is 1. The minimum Gasteiger partial charge on any atom is -0.481 e. The van der Waals surface area contributed by atoms with Crippen LogP contribution in [0.2, 0.25) is 0 Å². The molecule has 1 heterocycles. The van der Waals surface area contributed by atoms with Crippen LogP contribution in [0.3, 0.4) is 0 Å². The van der Waals surface area contributed by atoms with Gasteiger partial charge in [0, 0.05) is 44.1 Å². The Hall–Kier alpha value is -3.28. The summed E-state index contributed by atoms with van der Waals surface area (Å²) in [6.45, 7) is -0.192. The number of nitrogens with two attached hydrogens (primary N) is 1. The van der Waals surface area contributed by atoms with Gasteiger partial charge in [0.15, 0.2) is 0 Å². The summed E-state index contributed by atoms with van der Waals surface area (Å²) in [6, 6.07) is -0.542. The van der Waals surface area contributed by atoms with Crippen molar-refractivity contribution in [2.45, 2.75) is 31.7 Å². The van der Waals surface area contributed by atoms with E-state index in [0.29, 0.717) is 0 Å². The van der Waals surface area contributed by atoms with E-state index in [1.807, 2.05) is 0 Å². The van der Waals surface area contributed by atoms with Crippen LogP contribution >= 0.6 is 0 Å². The number of imide groups is 1. The van der Waals surface area contributed by atoms with Crippen LogP contribution in [0.5, 0.6) is 0 Å². The number of amides is 5. The van der Waals surface area contributed by atoms with E-state index in [9.17, 15) is 28.8 Å². The van der Waals surface area contributed by atoms with Crippen molar-refractivity contribution < 1.29 is 33.9 Å². The molecule has 0 aromatic rings. The molecule has 1 atom stereocenters. The van der Waals surface area contributed by atoms with Crippen molar-refractivity contribution in [3.05, 3.63) is 12.2 Å². The molecule has 1 aliphatic heterocycles. The van der Waals surface area contributed by atoms with Gasteiger partial charge in [0.2, 0.25) is 17.7 Å². The second-order valence-corrected chi connectivity index (χ2v) is 6.34. The summed E-state index contributed by atoms with van der Waals surface area (Å²) in [6.07, 6.45) is 2.59. The van der Waals surface area contributed by atoms with Gasteiger partial charge in [-0.3, -0.25) is 33.7 Å². The van der Waals surface area contributed by atoms with Gasteiger partial charge in [0.1, 0.15) is 0 Å². The highest BCUT2D eigenvalue weighted by atomic mass is 16.4. The van der Waals surface area contributed by atoms with Gasteiger partial charge < -0.3 is 26.8 Å². The molecule has 0 aromatic carbocycles. The Morgan fingerprint density at radius 1 is 1.03 bits per heavy atom.